The average Bonchev–Trinajstić information content (AvgIpc) is 2.68. The summed E-state index contributed by atoms with van der Waals surface area (Å²) in [7, 11) is 0. The summed E-state index contributed by atoms with van der Waals surface area (Å²) in [6, 6.07) is 14.1. The lowest BCUT2D eigenvalue weighted by molar-refractivity contribution is -0.127. The second kappa shape index (κ2) is 9.28. The largest absolute Gasteiger partial charge is 0.449 e. The summed E-state index contributed by atoms with van der Waals surface area (Å²) >= 11 is 0. The smallest absolute Gasteiger partial charge is 0.338 e. The molecule has 0 spiro atoms. The topological polar surface area (TPSA) is 102 Å². The van der Waals surface area contributed by atoms with Gasteiger partial charge in [-0.2, -0.15) is 0 Å². The molecule has 1 unspecified atom stereocenters. The molecule has 2 aromatic carbocycles. The fraction of sp³-hybridized carbons (Fsp3) is 0.200. The first-order chi connectivity index (χ1) is 12.9. The first-order valence-electron chi connectivity index (χ1n) is 8.42. The first-order valence-corrected chi connectivity index (χ1v) is 8.42. The van der Waals surface area contributed by atoms with Crippen LogP contribution in [0.2, 0.25) is 0 Å². The van der Waals surface area contributed by atoms with Crippen LogP contribution < -0.4 is 10.6 Å². The molecule has 2 N–H and O–H groups in total. The lowest BCUT2D eigenvalue weighted by Crippen LogP contribution is -2.44. The Balaban J connectivity index is 1.98. The highest BCUT2D eigenvalue weighted by atomic mass is 16.5. The molecule has 0 fully saturated rings. The van der Waals surface area contributed by atoms with E-state index in [-0.39, 0.29) is 11.3 Å². The first kappa shape index (κ1) is 19.8. The second-order valence-electron chi connectivity index (χ2n) is 5.67. The molecule has 27 heavy (non-hydrogen) atoms. The van der Waals surface area contributed by atoms with Crippen molar-refractivity contribution in [3.8, 4) is 0 Å². The summed E-state index contributed by atoms with van der Waals surface area (Å²) in [5, 5.41) is 4.47. The van der Waals surface area contributed by atoms with Crippen LogP contribution in [0.25, 0.3) is 0 Å². The van der Waals surface area contributed by atoms with E-state index in [1.807, 2.05) is 6.07 Å². The van der Waals surface area contributed by atoms with Crippen molar-refractivity contribution in [3.05, 3.63) is 71.3 Å². The Bertz CT molecular complexity index is 831. The molecule has 0 bridgehead atoms. The van der Waals surface area contributed by atoms with Crippen LogP contribution in [0.4, 0.5) is 4.79 Å². The minimum atomic E-state index is -1.15. The summed E-state index contributed by atoms with van der Waals surface area (Å²) in [6.45, 7) is 3.43. The molecule has 7 heteroatoms. The maximum absolute atomic E-state index is 12.3. The van der Waals surface area contributed by atoms with Crippen LogP contribution >= 0.6 is 0 Å². The molecule has 140 valence electrons. The number of nitrogens with one attached hydrogen (secondary N) is 2. The van der Waals surface area contributed by atoms with E-state index in [0.29, 0.717) is 17.7 Å². The molecule has 0 saturated carbocycles. The van der Waals surface area contributed by atoms with Crippen LogP contribution in [-0.2, 0) is 9.53 Å². The molecule has 0 aromatic heterocycles. The number of hydrogen-bond donors (Lipinski definition) is 2. The van der Waals surface area contributed by atoms with Crippen molar-refractivity contribution in [2.75, 3.05) is 6.54 Å². The predicted molar refractivity (Wildman–Crippen MR) is 98.4 cm³/mol. The van der Waals surface area contributed by atoms with Crippen LogP contribution in [0.5, 0.6) is 0 Å². The lowest BCUT2D eigenvalue weighted by atomic mass is 10.0. The summed E-state index contributed by atoms with van der Waals surface area (Å²) in [4.78, 5) is 47.6. The third-order valence-corrected chi connectivity index (χ3v) is 3.65. The normalized spacial score (nSPS) is 11.2. The summed E-state index contributed by atoms with van der Waals surface area (Å²) in [6.07, 6.45) is -1.15. The highest BCUT2D eigenvalue weighted by molar-refractivity contribution is 6.09. The van der Waals surface area contributed by atoms with Crippen molar-refractivity contribution in [2.24, 2.45) is 0 Å². The zero-order valence-corrected chi connectivity index (χ0v) is 15.0. The Morgan fingerprint density at radius 2 is 1.44 bits per heavy atom. The van der Waals surface area contributed by atoms with Gasteiger partial charge < -0.3 is 10.1 Å². The van der Waals surface area contributed by atoms with Gasteiger partial charge in [0.05, 0.1) is 5.56 Å². The number of esters is 1. The number of imide groups is 1. The molecule has 2 aromatic rings. The Morgan fingerprint density at radius 1 is 0.889 bits per heavy atom. The summed E-state index contributed by atoms with van der Waals surface area (Å²) < 4.78 is 5.05. The zero-order chi connectivity index (χ0) is 19.8. The highest BCUT2D eigenvalue weighted by Crippen LogP contribution is 2.12. The summed E-state index contributed by atoms with van der Waals surface area (Å²) in [5.41, 5.74) is 1.17. The van der Waals surface area contributed by atoms with Crippen molar-refractivity contribution in [1.29, 1.82) is 0 Å². The van der Waals surface area contributed by atoms with Crippen molar-refractivity contribution >= 4 is 23.7 Å². The zero-order valence-electron chi connectivity index (χ0n) is 15.0. The van der Waals surface area contributed by atoms with Gasteiger partial charge in [0.25, 0.3) is 5.91 Å². The molecule has 1 atom stereocenters. The number of carbonyl (C=O) groups is 4. The maximum Gasteiger partial charge on any atom is 0.338 e. The number of amides is 3. The fourth-order valence-corrected chi connectivity index (χ4v) is 2.21. The van der Waals surface area contributed by atoms with Crippen molar-refractivity contribution in [1.82, 2.24) is 10.6 Å². The van der Waals surface area contributed by atoms with Crippen LogP contribution in [0.15, 0.2) is 54.6 Å². The van der Waals surface area contributed by atoms with E-state index >= 15 is 0 Å². The van der Waals surface area contributed by atoms with Gasteiger partial charge in [0, 0.05) is 17.7 Å². The van der Waals surface area contributed by atoms with Gasteiger partial charge in [-0.1, -0.05) is 42.5 Å². The van der Waals surface area contributed by atoms with Gasteiger partial charge in [0.2, 0.25) is 0 Å². The van der Waals surface area contributed by atoms with Gasteiger partial charge in [-0.05, 0) is 26.0 Å². The van der Waals surface area contributed by atoms with Crippen LogP contribution in [-0.4, -0.2) is 36.3 Å². The predicted octanol–water partition coefficient (Wildman–Crippen LogP) is 2.31. The average molecular weight is 368 g/mol. The number of ether oxygens (including phenoxy) is 1. The molecule has 0 aliphatic rings. The highest BCUT2D eigenvalue weighted by Gasteiger charge is 2.21. The van der Waals surface area contributed by atoms with E-state index in [4.69, 9.17) is 4.74 Å². The number of hydrogen-bond acceptors (Lipinski definition) is 5. The minimum absolute atomic E-state index is 0.162. The molecule has 3 amide bonds. The Kier molecular flexibility index (Phi) is 6.82. The number of urea groups is 1. The monoisotopic (exact) mass is 368 g/mol. The number of benzene rings is 2. The van der Waals surface area contributed by atoms with Crippen molar-refractivity contribution in [3.63, 3.8) is 0 Å². The number of ketones is 1. The Hall–Kier alpha value is -3.48. The van der Waals surface area contributed by atoms with Gasteiger partial charge in [0.1, 0.15) is 0 Å². The fourth-order valence-electron chi connectivity index (χ4n) is 2.21. The lowest BCUT2D eigenvalue weighted by Gasteiger charge is -2.13. The molecule has 0 aliphatic carbocycles. The molecule has 2 rings (SSSR count). The third-order valence-electron chi connectivity index (χ3n) is 3.65. The number of carbonyl (C=O) groups excluding carboxylic acids is 4. The van der Waals surface area contributed by atoms with Crippen LogP contribution in [0.3, 0.4) is 0 Å². The molecular formula is C20H20N2O5. The van der Waals surface area contributed by atoms with E-state index in [2.05, 4.69) is 10.6 Å². The van der Waals surface area contributed by atoms with E-state index in [0.717, 1.165) is 0 Å². The molecule has 7 nitrogen and oxygen atoms in total. The Morgan fingerprint density at radius 3 is 2.04 bits per heavy atom. The third kappa shape index (κ3) is 5.50. The second-order valence-corrected chi connectivity index (χ2v) is 5.67. The van der Waals surface area contributed by atoms with Gasteiger partial charge in [-0.25, -0.2) is 9.59 Å². The molecule has 0 saturated heterocycles. The van der Waals surface area contributed by atoms with Gasteiger partial charge >= 0.3 is 12.0 Å². The van der Waals surface area contributed by atoms with Gasteiger partial charge in [-0.3, -0.25) is 14.9 Å². The molecule has 0 aliphatic heterocycles. The van der Waals surface area contributed by atoms with E-state index < -0.39 is 24.0 Å². The van der Waals surface area contributed by atoms with Crippen molar-refractivity contribution in [2.45, 2.75) is 20.0 Å². The molecular weight excluding hydrogens is 348 g/mol. The summed E-state index contributed by atoms with van der Waals surface area (Å²) in [5.74, 6) is -1.62. The standard InChI is InChI=1S/C20H20N2O5/c1-3-21-20(26)22-18(24)13(2)27-19(25)16-11-9-15(10-12-16)17(23)14-7-5-4-6-8-14/h4-13H,3H2,1-2H3,(H2,21,22,24,26). The van der Waals surface area contributed by atoms with E-state index in [1.165, 1.54) is 31.2 Å². The van der Waals surface area contributed by atoms with Gasteiger partial charge in [0.15, 0.2) is 11.9 Å². The minimum Gasteiger partial charge on any atom is -0.449 e. The quantitative estimate of drug-likeness (QED) is 0.602. The number of rotatable bonds is 6. The van der Waals surface area contributed by atoms with Crippen molar-refractivity contribution < 1.29 is 23.9 Å². The molecule has 0 heterocycles. The van der Waals surface area contributed by atoms with E-state index in [9.17, 15) is 19.2 Å². The van der Waals surface area contributed by atoms with Crippen LogP contribution in [0, 0.1) is 0 Å². The van der Waals surface area contributed by atoms with E-state index in [1.54, 1.807) is 31.2 Å². The van der Waals surface area contributed by atoms with Gasteiger partial charge in [-0.15, -0.1) is 0 Å². The van der Waals surface area contributed by atoms with Crippen LogP contribution in [0.1, 0.15) is 40.1 Å². The Labute approximate surface area is 156 Å². The SMILES string of the molecule is CCNC(=O)NC(=O)C(C)OC(=O)c1ccc(C(=O)c2ccccc2)cc1. The molecule has 0 radical (unpaired) electrons. The maximum atomic E-state index is 12.3.